The molecule has 0 bridgehead atoms. The smallest absolute Gasteiger partial charge is 0.199 e. The molecule has 0 aliphatic heterocycles. The van der Waals surface area contributed by atoms with Crippen molar-refractivity contribution in [1.82, 2.24) is 0 Å². The van der Waals surface area contributed by atoms with Crippen LogP contribution >= 0.6 is 15.9 Å². The van der Waals surface area contributed by atoms with Gasteiger partial charge in [0.1, 0.15) is 0 Å². The normalized spacial score (nSPS) is 21.8. The van der Waals surface area contributed by atoms with Crippen molar-refractivity contribution >= 4 is 15.9 Å². The van der Waals surface area contributed by atoms with Gasteiger partial charge in [0.05, 0.1) is 0 Å². The number of alkyl halides is 5. The summed E-state index contributed by atoms with van der Waals surface area (Å²) in [5.74, 6) is -5.06. The molecule has 0 nitrogen and oxygen atoms in total. The van der Waals surface area contributed by atoms with Crippen molar-refractivity contribution in [3.05, 3.63) is 0 Å². The third-order valence-electron chi connectivity index (χ3n) is 2.25. The second kappa shape index (κ2) is 3.16. The van der Waals surface area contributed by atoms with Crippen LogP contribution in [-0.4, -0.2) is 10.8 Å². The van der Waals surface area contributed by atoms with Crippen LogP contribution in [-0.2, 0) is 0 Å². The molecule has 0 radical (unpaired) electrons. The van der Waals surface area contributed by atoms with Crippen molar-refractivity contribution in [3.63, 3.8) is 0 Å². The molecule has 72 valence electrons. The first-order valence-electron chi connectivity index (χ1n) is 3.80. The Hall–Kier alpha value is 0.200. The monoisotopic (exact) mass is 248 g/mol. The first-order valence-corrected chi connectivity index (χ1v) is 4.59. The molecule has 0 unspecified atom stereocenters. The van der Waals surface area contributed by atoms with E-state index in [1.165, 1.54) is 0 Å². The summed E-state index contributed by atoms with van der Waals surface area (Å²) in [4.78, 5) is -4.06. The molecule has 1 rings (SSSR count). The quantitative estimate of drug-likeness (QED) is 0.515. The molecule has 0 aromatic heterocycles. The van der Waals surface area contributed by atoms with Crippen LogP contribution in [0.3, 0.4) is 0 Å². The topological polar surface area (TPSA) is 0 Å². The second-order valence-corrected chi connectivity index (χ2v) is 4.10. The highest BCUT2D eigenvalue weighted by atomic mass is 79.9. The van der Waals surface area contributed by atoms with E-state index < -0.39 is 16.7 Å². The predicted octanol–water partition coefficient (Wildman–Crippen LogP) is 3.80. The van der Waals surface area contributed by atoms with E-state index in [4.69, 9.17) is 0 Å². The van der Waals surface area contributed by atoms with E-state index in [9.17, 15) is 17.6 Å². The average molecular weight is 249 g/mol. The zero-order chi connectivity index (χ0) is 9.41. The third kappa shape index (κ3) is 1.75. The van der Waals surface area contributed by atoms with Gasteiger partial charge in [-0.2, -0.15) is 17.6 Å². The second-order valence-electron chi connectivity index (χ2n) is 3.10. The molecular formula is C7H9BrF4. The standard InChI is InChI=1S/C7H9BrF4/c8-7(11,12)6(9,10)5-3-1-2-4-5/h5H,1-4H2. The lowest BCUT2D eigenvalue weighted by molar-refractivity contribution is -0.180. The van der Waals surface area contributed by atoms with E-state index in [1.54, 1.807) is 15.9 Å². The van der Waals surface area contributed by atoms with E-state index in [2.05, 4.69) is 0 Å². The summed E-state index contributed by atoms with van der Waals surface area (Å²) in [6, 6.07) is 0. The molecule has 1 saturated carbocycles. The minimum absolute atomic E-state index is 0.203. The summed E-state index contributed by atoms with van der Waals surface area (Å²) in [7, 11) is 0. The van der Waals surface area contributed by atoms with Crippen LogP contribution in [0.4, 0.5) is 17.6 Å². The molecule has 0 heterocycles. The first kappa shape index (κ1) is 10.3. The lowest BCUT2D eigenvalue weighted by Crippen LogP contribution is -2.41. The molecular weight excluding hydrogens is 240 g/mol. The van der Waals surface area contributed by atoms with Crippen molar-refractivity contribution in [1.29, 1.82) is 0 Å². The van der Waals surface area contributed by atoms with Gasteiger partial charge < -0.3 is 0 Å². The fraction of sp³-hybridized carbons (Fsp3) is 1.00. The fourth-order valence-electron chi connectivity index (χ4n) is 1.52. The van der Waals surface area contributed by atoms with Crippen LogP contribution in [0.15, 0.2) is 0 Å². The highest BCUT2D eigenvalue weighted by Gasteiger charge is 2.59. The highest BCUT2D eigenvalue weighted by molar-refractivity contribution is 9.10. The van der Waals surface area contributed by atoms with Crippen molar-refractivity contribution in [2.45, 2.75) is 36.4 Å². The molecule has 0 atom stereocenters. The molecule has 12 heavy (non-hydrogen) atoms. The van der Waals surface area contributed by atoms with Crippen LogP contribution < -0.4 is 0 Å². The Bertz CT molecular complexity index is 157. The Kier molecular flexibility index (Phi) is 2.71. The minimum atomic E-state index is -4.06. The van der Waals surface area contributed by atoms with Crippen LogP contribution in [0, 0.1) is 5.92 Å². The predicted molar refractivity (Wildman–Crippen MR) is 40.8 cm³/mol. The van der Waals surface area contributed by atoms with Gasteiger partial charge in [-0.1, -0.05) is 12.8 Å². The molecule has 0 aromatic rings. The first-order chi connectivity index (χ1) is 5.36. The minimum Gasteiger partial charge on any atom is -0.199 e. The van der Waals surface area contributed by atoms with Crippen molar-refractivity contribution < 1.29 is 17.6 Å². The molecule has 0 spiro atoms. The van der Waals surface area contributed by atoms with Gasteiger partial charge in [-0.05, 0) is 28.8 Å². The van der Waals surface area contributed by atoms with Gasteiger partial charge in [0.15, 0.2) is 0 Å². The summed E-state index contributed by atoms with van der Waals surface area (Å²) in [6.45, 7) is 0. The molecule has 1 aliphatic carbocycles. The largest absolute Gasteiger partial charge is 0.363 e. The van der Waals surface area contributed by atoms with E-state index in [0.717, 1.165) is 0 Å². The molecule has 0 N–H and O–H groups in total. The van der Waals surface area contributed by atoms with E-state index in [1.807, 2.05) is 0 Å². The van der Waals surface area contributed by atoms with Crippen LogP contribution in [0.2, 0.25) is 0 Å². The van der Waals surface area contributed by atoms with E-state index in [0.29, 0.717) is 12.8 Å². The Balaban J connectivity index is 2.69. The lowest BCUT2D eigenvalue weighted by atomic mass is 10.0. The molecule has 1 aliphatic rings. The molecule has 0 aromatic carbocycles. The number of rotatable bonds is 2. The molecule has 5 heteroatoms. The van der Waals surface area contributed by atoms with E-state index >= 15 is 0 Å². The summed E-state index contributed by atoms with van der Waals surface area (Å²) >= 11 is 1.73. The third-order valence-corrected chi connectivity index (χ3v) is 2.77. The summed E-state index contributed by atoms with van der Waals surface area (Å²) < 4.78 is 50.3. The number of hydrogen-bond acceptors (Lipinski definition) is 0. The summed E-state index contributed by atoms with van der Waals surface area (Å²) in [6.07, 6.45) is 1.66. The van der Waals surface area contributed by atoms with Crippen molar-refractivity contribution in [3.8, 4) is 0 Å². The van der Waals surface area contributed by atoms with Crippen molar-refractivity contribution in [2.75, 3.05) is 0 Å². The van der Waals surface area contributed by atoms with Gasteiger partial charge in [0.2, 0.25) is 0 Å². The van der Waals surface area contributed by atoms with Crippen LogP contribution in [0.1, 0.15) is 25.7 Å². The van der Waals surface area contributed by atoms with E-state index in [-0.39, 0.29) is 12.8 Å². The van der Waals surface area contributed by atoms with Gasteiger partial charge >= 0.3 is 10.8 Å². The SMILES string of the molecule is FC(F)(Br)C(F)(F)C1CCCC1. The Morgan fingerprint density at radius 1 is 1.00 bits per heavy atom. The van der Waals surface area contributed by atoms with Gasteiger partial charge in [-0.15, -0.1) is 0 Å². The molecule has 0 saturated heterocycles. The maximum atomic E-state index is 12.8. The lowest BCUT2D eigenvalue weighted by Gasteiger charge is -2.26. The number of halogens is 5. The van der Waals surface area contributed by atoms with Gasteiger partial charge in [0, 0.05) is 5.92 Å². The maximum Gasteiger partial charge on any atom is 0.363 e. The Morgan fingerprint density at radius 3 is 1.75 bits per heavy atom. The molecule has 1 fully saturated rings. The van der Waals surface area contributed by atoms with Gasteiger partial charge in [-0.25, -0.2) is 0 Å². The average Bonchev–Trinajstić information content (AvgIpc) is 2.34. The maximum absolute atomic E-state index is 12.8. The Labute approximate surface area is 76.5 Å². The number of hydrogen-bond donors (Lipinski definition) is 0. The van der Waals surface area contributed by atoms with Crippen LogP contribution in [0.25, 0.3) is 0 Å². The zero-order valence-electron chi connectivity index (χ0n) is 6.30. The summed E-state index contributed by atoms with van der Waals surface area (Å²) in [5.41, 5.74) is 0. The van der Waals surface area contributed by atoms with Gasteiger partial charge in [-0.3, -0.25) is 0 Å². The molecule has 0 amide bonds. The summed E-state index contributed by atoms with van der Waals surface area (Å²) in [5, 5.41) is 0. The van der Waals surface area contributed by atoms with Crippen molar-refractivity contribution in [2.24, 2.45) is 5.92 Å². The fourth-order valence-corrected chi connectivity index (χ4v) is 1.84. The highest BCUT2D eigenvalue weighted by Crippen LogP contribution is 2.49. The van der Waals surface area contributed by atoms with Gasteiger partial charge in [0.25, 0.3) is 0 Å². The van der Waals surface area contributed by atoms with Crippen LogP contribution in [0.5, 0.6) is 0 Å². The Morgan fingerprint density at radius 2 is 1.42 bits per heavy atom. The zero-order valence-corrected chi connectivity index (χ0v) is 7.88.